The van der Waals surface area contributed by atoms with Gasteiger partial charge in [-0.15, -0.1) is 4.73 Å². The lowest BCUT2D eigenvalue weighted by Gasteiger charge is -2.23. The molecule has 3 heterocycles. The molecule has 1 aliphatic heterocycles. The number of hydrogen-bond donors (Lipinski definition) is 1. The highest BCUT2D eigenvalue weighted by atomic mass is 35.5. The normalized spacial score (nSPS) is 14.6. The number of rotatable bonds is 5. The van der Waals surface area contributed by atoms with E-state index in [1.807, 2.05) is 12.1 Å². The fourth-order valence-corrected chi connectivity index (χ4v) is 5.02. The molecule has 2 aromatic carbocycles. The molecule has 5 rings (SSSR count). The average molecular weight is 525 g/mol. The quantitative estimate of drug-likeness (QED) is 0.405. The van der Waals surface area contributed by atoms with E-state index in [2.05, 4.69) is 44.3 Å². The molecular formula is C26H26Cl2N6O2. The number of nitrogens with zero attached hydrogens (tertiary/aromatic N) is 5. The average Bonchev–Trinajstić information content (AvgIpc) is 3.09. The van der Waals surface area contributed by atoms with Crippen molar-refractivity contribution in [3.8, 4) is 11.1 Å². The highest BCUT2D eigenvalue weighted by molar-refractivity contribution is 6.39. The molecule has 0 atom stereocenters. The Morgan fingerprint density at radius 2 is 1.75 bits per heavy atom. The summed E-state index contributed by atoms with van der Waals surface area (Å²) in [5.41, 5.74) is 2.69. The number of fused-ring (bicyclic) bond motifs is 1. The van der Waals surface area contributed by atoms with Crippen molar-refractivity contribution in [3.05, 3.63) is 75.1 Å². The molecule has 0 bridgehead atoms. The van der Waals surface area contributed by atoms with Gasteiger partial charge >= 0.3 is 0 Å². The minimum atomic E-state index is -0.419. The number of pyridine rings is 1. The van der Waals surface area contributed by atoms with E-state index in [1.54, 1.807) is 30.5 Å². The summed E-state index contributed by atoms with van der Waals surface area (Å²) >= 11 is 12.7. The first-order valence-corrected chi connectivity index (χ1v) is 12.4. The van der Waals surface area contributed by atoms with Gasteiger partial charge in [0.05, 0.1) is 15.6 Å². The van der Waals surface area contributed by atoms with Crippen molar-refractivity contribution in [2.45, 2.75) is 6.42 Å². The van der Waals surface area contributed by atoms with Crippen molar-refractivity contribution in [1.82, 2.24) is 19.6 Å². The first kappa shape index (κ1) is 24.4. The molecule has 1 fully saturated rings. The van der Waals surface area contributed by atoms with Gasteiger partial charge in [-0.05, 0) is 62.5 Å². The van der Waals surface area contributed by atoms with Crippen LogP contribution in [0.25, 0.3) is 22.2 Å². The number of nitrogens with one attached hydrogen (secondary N) is 1. The van der Waals surface area contributed by atoms with Crippen molar-refractivity contribution in [1.29, 1.82) is 0 Å². The minimum Gasteiger partial charge on any atom is -0.412 e. The zero-order valence-corrected chi connectivity index (χ0v) is 21.6. The van der Waals surface area contributed by atoms with Crippen LogP contribution in [0.15, 0.2) is 59.5 Å². The van der Waals surface area contributed by atoms with Crippen LogP contribution in [0, 0.1) is 0 Å². The molecule has 4 aromatic rings. The lowest BCUT2D eigenvalue weighted by atomic mass is 10.1. The van der Waals surface area contributed by atoms with E-state index in [0.29, 0.717) is 38.2 Å². The molecule has 0 spiro atoms. The number of hydrogen-bond acceptors (Lipinski definition) is 7. The van der Waals surface area contributed by atoms with E-state index in [9.17, 15) is 4.79 Å². The van der Waals surface area contributed by atoms with Crippen molar-refractivity contribution in [3.63, 3.8) is 0 Å². The van der Waals surface area contributed by atoms with Crippen LogP contribution >= 0.6 is 23.2 Å². The summed E-state index contributed by atoms with van der Waals surface area (Å²) in [5.74, 6) is 0.348. The minimum absolute atomic E-state index is 0.305. The van der Waals surface area contributed by atoms with Gasteiger partial charge in [0.15, 0.2) is 5.65 Å². The monoisotopic (exact) mass is 524 g/mol. The summed E-state index contributed by atoms with van der Waals surface area (Å²) in [5, 5.41) is 4.57. The molecule has 10 heteroatoms. The van der Waals surface area contributed by atoms with E-state index in [-0.39, 0.29) is 0 Å². The van der Waals surface area contributed by atoms with Gasteiger partial charge in [0.2, 0.25) is 5.95 Å². The molecule has 0 radical (unpaired) electrons. The molecule has 0 aliphatic carbocycles. The number of likely N-dealkylation sites (N-methyl/N-ethyl adjacent to an activating group) is 1. The SMILES string of the molecule is COn1c(=O)c(-c2c(Cl)cccc2Cl)cc2cnc(Nc3ccc(N4CCCN(C)CC4)cc3)nc21. The third kappa shape index (κ3) is 4.84. The Kier molecular flexibility index (Phi) is 7.00. The summed E-state index contributed by atoms with van der Waals surface area (Å²) in [7, 11) is 3.57. The number of anilines is 3. The summed E-state index contributed by atoms with van der Waals surface area (Å²) in [6.45, 7) is 4.22. The summed E-state index contributed by atoms with van der Waals surface area (Å²) in [4.78, 5) is 32.4. The predicted octanol–water partition coefficient (Wildman–Crippen LogP) is 4.71. The second-order valence-corrected chi connectivity index (χ2v) is 9.54. The lowest BCUT2D eigenvalue weighted by Crippen LogP contribution is -2.28. The van der Waals surface area contributed by atoms with E-state index in [1.165, 1.54) is 12.8 Å². The van der Waals surface area contributed by atoms with Crippen LogP contribution in [0.3, 0.4) is 0 Å². The highest BCUT2D eigenvalue weighted by Gasteiger charge is 2.18. The summed E-state index contributed by atoms with van der Waals surface area (Å²) < 4.78 is 1.12. The van der Waals surface area contributed by atoms with Crippen molar-refractivity contribution >= 4 is 51.6 Å². The first-order valence-electron chi connectivity index (χ1n) is 11.7. The second-order valence-electron chi connectivity index (χ2n) is 8.73. The van der Waals surface area contributed by atoms with Gasteiger partial charge in [0, 0.05) is 48.2 Å². The fourth-order valence-electron chi connectivity index (χ4n) is 4.42. The molecular weight excluding hydrogens is 499 g/mol. The molecule has 1 aliphatic rings. The van der Waals surface area contributed by atoms with Crippen molar-refractivity contribution in [2.24, 2.45) is 0 Å². The Balaban J connectivity index is 1.44. The third-order valence-electron chi connectivity index (χ3n) is 6.33. The molecule has 8 nitrogen and oxygen atoms in total. The maximum absolute atomic E-state index is 13.3. The molecule has 0 unspecified atom stereocenters. The molecule has 186 valence electrons. The molecule has 2 aromatic heterocycles. The van der Waals surface area contributed by atoms with Crippen LogP contribution in [-0.4, -0.2) is 59.9 Å². The maximum Gasteiger partial charge on any atom is 0.293 e. The van der Waals surface area contributed by atoms with Crippen LogP contribution in [0.2, 0.25) is 10.0 Å². The Hall–Kier alpha value is -3.33. The number of halogens is 2. The van der Waals surface area contributed by atoms with Gasteiger partial charge in [-0.3, -0.25) is 4.79 Å². The lowest BCUT2D eigenvalue weighted by molar-refractivity contribution is 0.168. The van der Waals surface area contributed by atoms with E-state index >= 15 is 0 Å². The Morgan fingerprint density at radius 1 is 1.00 bits per heavy atom. The second kappa shape index (κ2) is 10.3. The van der Waals surface area contributed by atoms with Crippen LogP contribution < -0.4 is 20.6 Å². The fraction of sp³-hybridized carbons (Fsp3) is 0.269. The van der Waals surface area contributed by atoms with Crippen molar-refractivity contribution in [2.75, 3.05) is 50.6 Å². The largest absolute Gasteiger partial charge is 0.412 e. The van der Waals surface area contributed by atoms with Crippen LogP contribution in [0.1, 0.15) is 6.42 Å². The van der Waals surface area contributed by atoms with Crippen molar-refractivity contribution < 1.29 is 4.84 Å². The number of aromatic nitrogens is 3. The number of benzene rings is 2. The molecule has 36 heavy (non-hydrogen) atoms. The Labute approximate surface area is 219 Å². The molecule has 0 saturated carbocycles. The highest BCUT2D eigenvalue weighted by Crippen LogP contribution is 2.34. The molecule has 1 saturated heterocycles. The van der Waals surface area contributed by atoms with Gasteiger partial charge in [-0.25, -0.2) is 4.98 Å². The van der Waals surface area contributed by atoms with Crippen LogP contribution in [-0.2, 0) is 0 Å². The zero-order valence-electron chi connectivity index (χ0n) is 20.0. The predicted molar refractivity (Wildman–Crippen MR) is 146 cm³/mol. The summed E-state index contributed by atoms with van der Waals surface area (Å²) in [6, 6.07) is 15.0. The van der Waals surface area contributed by atoms with E-state index in [4.69, 9.17) is 28.0 Å². The standard InChI is InChI=1S/C26H26Cl2N6O2/c1-32-11-4-12-33(14-13-32)19-9-7-18(8-10-19)30-26-29-16-17-15-20(23-21(27)5-3-6-22(23)28)25(35)34(36-2)24(17)31-26/h3,5-10,15-16H,4,11-14H2,1-2H3,(H,29,30,31). The van der Waals surface area contributed by atoms with Crippen LogP contribution in [0.5, 0.6) is 0 Å². The Bertz CT molecular complexity index is 1440. The third-order valence-corrected chi connectivity index (χ3v) is 6.96. The molecule has 1 N–H and O–H groups in total. The Morgan fingerprint density at radius 3 is 2.47 bits per heavy atom. The molecule has 0 amide bonds. The topological polar surface area (TPSA) is 75.5 Å². The van der Waals surface area contributed by atoms with Gasteiger partial charge in [-0.2, -0.15) is 4.98 Å². The van der Waals surface area contributed by atoms with E-state index in [0.717, 1.165) is 43.0 Å². The smallest absolute Gasteiger partial charge is 0.293 e. The van der Waals surface area contributed by atoms with E-state index < -0.39 is 5.56 Å². The van der Waals surface area contributed by atoms with Gasteiger partial charge < -0.3 is 20.0 Å². The van der Waals surface area contributed by atoms with Crippen LogP contribution in [0.4, 0.5) is 17.3 Å². The maximum atomic E-state index is 13.3. The van der Waals surface area contributed by atoms with Gasteiger partial charge in [0.1, 0.15) is 7.11 Å². The first-order chi connectivity index (χ1) is 17.4. The summed E-state index contributed by atoms with van der Waals surface area (Å²) in [6.07, 6.45) is 2.78. The van der Waals surface area contributed by atoms with Gasteiger partial charge in [0.25, 0.3) is 5.56 Å². The zero-order chi connectivity index (χ0) is 25.2. The van der Waals surface area contributed by atoms with Gasteiger partial charge in [-0.1, -0.05) is 29.3 Å².